The van der Waals surface area contributed by atoms with Crippen LogP contribution < -0.4 is 4.90 Å². The summed E-state index contributed by atoms with van der Waals surface area (Å²) in [5.41, 5.74) is 4.12. The second-order valence-electron chi connectivity index (χ2n) is 12.4. The van der Waals surface area contributed by atoms with Crippen molar-refractivity contribution in [3.63, 3.8) is 0 Å². The van der Waals surface area contributed by atoms with E-state index in [1.807, 2.05) is 35.2 Å². The van der Waals surface area contributed by atoms with Crippen molar-refractivity contribution in [2.24, 2.45) is 5.92 Å². The van der Waals surface area contributed by atoms with Gasteiger partial charge in [0.25, 0.3) is 0 Å². The van der Waals surface area contributed by atoms with E-state index in [9.17, 15) is 14.7 Å². The van der Waals surface area contributed by atoms with Crippen LogP contribution in [-0.4, -0.2) is 61.6 Å². The zero-order valence-electron chi connectivity index (χ0n) is 24.0. The molecule has 2 saturated heterocycles. The summed E-state index contributed by atoms with van der Waals surface area (Å²) >= 11 is 0. The number of nitrogens with zero attached hydrogens (tertiary/aromatic N) is 2. The molecule has 5 atom stereocenters. The number of aliphatic hydroxyl groups excluding tert-OH is 1. The molecular formula is C32H43FN2O4Si. The van der Waals surface area contributed by atoms with Gasteiger partial charge < -0.3 is 23.8 Å². The molecular weight excluding hydrogens is 523 g/mol. The Morgan fingerprint density at radius 2 is 1.80 bits per heavy atom. The fourth-order valence-corrected chi connectivity index (χ4v) is 9.68. The maximum absolute atomic E-state index is 15.7. The number of ether oxygens (including phenoxy) is 1. The number of fused-ring (bicyclic) bond motifs is 1. The first-order valence-corrected chi connectivity index (χ1v) is 17.8. The summed E-state index contributed by atoms with van der Waals surface area (Å²) in [4.78, 5) is 29.5. The van der Waals surface area contributed by atoms with Crippen LogP contribution in [0, 0.1) is 5.92 Å². The molecule has 3 heterocycles. The van der Waals surface area contributed by atoms with E-state index in [1.54, 1.807) is 18.0 Å². The predicted molar refractivity (Wildman–Crippen MR) is 157 cm³/mol. The third kappa shape index (κ3) is 6.19. The van der Waals surface area contributed by atoms with E-state index in [2.05, 4.69) is 25.1 Å². The maximum Gasteiger partial charge on any atom is 0.246 e. The molecule has 0 radical (unpaired) electrons. The molecule has 0 saturated carbocycles. The Balaban J connectivity index is 1.23. The van der Waals surface area contributed by atoms with Gasteiger partial charge in [0.2, 0.25) is 20.2 Å². The molecule has 0 bridgehead atoms. The molecule has 3 aliphatic heterocycles. The molecule has 2 fully saturated rings. The van der Waals surface area contributed by atoms with Crippen LogP contribution in [-0.2, 0) is 33.7 Å². The lowest BCUT2D eigenvalue weighted by Crippen LogP contribution is -2.48. The van der Waals surface area contributed by atoms with E-state index in [0.29, 0.717) is 19.4 Å². The van der Waals surface area contributed by atoms with E-state index >= 15 is 4.11 Å². The quantitative estimate of drug-likeness (QED) is 0.342. The van der Waals surface area contributed by atoms with E-state index in [1.165, 1.54) is 5.56 Å². The fraction of sp³-hybridized carbons (Fsp3) is 0.562. The number of halogens is 1. The molecule has 0 unspecified atom stereocenters. The van der Waals surface area contributed by atoms with Gasteiger partial charge in [-0.3, -0.25) is 9.59 Å². The van der Waals surface area contributed by atoms with Gasteiger partial charge in [-0.1, -0.05) is 43.3 Å². The number of carbonyl (C=O) groups is 2. The van der Waals surface area contributed by atoms with Gasteiger partial charge in [0.05, 0.1) is 31.3 Å². The summed E-state index contributed by atoms with van der Waals surface area (Å²) in [5, 5.41) is 10.0. The molecule has 3 aliphatic rings. The Bertz CT molecular complexity index is 1200. The molecule has 2 aromatic rings. The van der Waals surface area contributed by atoms with Crippen LogP contribution in [0.3, 0.4) is 0 Å². The Morgan fingerprint density at radius 1 is 1.07 bits per heavy atom. The Kier molecular flexibility index (Phi) is 8.78. The van der Waals surface area contributed by atoms with Crippen LogP contribution in [0.25, 0.3) is 0 Å². The van der Waals surface area contributed by atoms with E-state index < -0.39 is 14.5 Å². The highest BCUT2D eigenvalue weighted by atomic mass is 28.4. The lowest BCUT2D eigenvalue weighted by Gasteiger charge is -2.37. The van der Waals surface area contributed by atoms with E-state index in [4.69, 9.17) is 4.74 Å². The number of hydrogen-bond donors (Lipinski definition) is 1. The number of benzene rings is 2. The molecule has 40 heavy (non-hydrogen) atoms. The monoisotopic (exact) mass is 566 g/mol. The van der Waals surface area contributed by atoms with Crippen molar-refractivity contribution in [2.45, 2.75) is 95.3 Å². The topological polar surface area (TPSA) is 70.1 Å². The Hall–Kier alpha value is -2.55. The summed E-state index contributed by atoms with van der Waals surface area (Å²) in [7, 11) is -3.12. The number of rotatable bonds is 8. The molecule has 2 aromatic carbocycles. The van der Waals surface area contributed by atoms with Gasteiger partial charge in [0, 0.05) is 30.7 Å². The van der Waals surface area contributed by atoms with Crippen LogP contribution in [0.1, 0.15) is 55.7 Å². The second-order valence-corrected chi connectivity index (χ2v) is 16.2. The molecule has 8 heteroatoms. The van der Waals surface area contributed by atoms with Crippen molar-refractivity contribution in [1.29, 1.82) is 0 Å². The van der Waals surface area contributed by atoms with Gasteiger partial charge >= 0.3 is 0 Å². The second kappa shape index (κ2) is 12.1. The highest BCUT2D eigenvalue weighted by Gasteiger charge is 2.52. The zero-order valence-corrected chi connectivity index (χ0v) is 25.0. The van der Waals surface area contributed by atoms with Crippen molar-refractivity contribution >= 4 is 25.9 Å². The molecule has 216 valence electrons. The average Bonchev–Trinajstić information content (AvgIpc) is 3.26. The van der Waals surface area contributed by atoms with Gasteiger partial charge in [0.15, 0.2) is 0 Å². The standard InChI is InChI=1S/C32H43FN2O4Si/c1-22-28(16-13-23-11-14-26(15-12-23)34-17-7-6-10-30(34)37)39-29(32(22)40(2,3)33)19-31(38)35-20-25-9-5-4-8-24(25)18-27(35)21-36/h4-5,8-9,11-12,14-15,22,27-29,32,36H,6-7,10,13,16-21H2,1-3H3/t22-,27+,28+,29-,32+/m1/s1. The van der Waals surface area contributed by atoms with Crippen LogP contribution in [0.4, 0.5) is 9.80 Å². The number of carbonyl (C=O) groups excluding carboxylic acids is 2. The average molecular weight is 567 g/mol. The van der Waals surface area contributed by atoms with Gasteiger partial charge in [-0.05, 0) is 79.9 Å². The molecule has 6 nitrogen and oxygen atoms in total. The number of aliphatic hydroxyl groups is 1. The van der Waals surface area contributed by atoms with Crippen molar-refractivity contribution in [3.05, 3.63) is 65.2 Å². The Labute approximate surface area is 238 Å². The van der Waals surface area contributed by atoms with Crippen molar-refractivity contribution in [3.8, 4) is 0 Å². The third-order valence-corrected chi connectivity index (χ3v) is 11.7. The van der Waals surface area contributed by atoms with Crippen LogP contribution in [0.5, 0.6) is 0 Å². The summed E-state index contributed by atoms with van der Waals surface area (Å²) in [6.07, 6.45) is 4.36. The predicted octanol–water partition coefficient (Wildman–Crippen LogP) is 5.42. The number of piperidine rings is 1. The number of aryl methyl sites for hydroxylation is 1. The molecule has 0 aliphatic carbocycles. The minimum absolute atomic E-state index is 0.0189. The number of hydrogen-bond acceptors (Lipinski definition) is 4. The molecule has 1 N–H and O–H groups in total. The first-order chi connectivity index (χ1) is 19.2. The number of anilines is 1. The van der Waals surface area contributed by atoms with Crippen molar-refractivity contribution < 1.29 is 23.5 Å². The molecule has 0 spiro atoms. The largest absolute Gasteiger partial charge is 0.394 e. The third-order valence-electron chi connectivity index (χ3n) is 9.25. The summed E-state index contributed by atoms with van der Waals surface area (Å²) in [6.45, 7) is 6.68. The van der Waals surface area contributed by atoms with E-state index in [-0.39, 0.29) is 48.4 Å². The minimum atomic E-state index is -3.12. The van der Waals surface area contributed by atoms with Gasteiger partial charge in [-0.15, -0.1) is 0 Å². The minimum Gasteiger partial charge on any atom is -0.394 e. The maximum atomic E-state index is 15.7. The SMILES string of the molecule is C[C@H]1[C@H]([Si](C)(C)F)[C@@H](CC(=O)N2Cc3ccccc3C[C@H]2CO)O[C@H]1CCc1ccc(N2CCCCC2=O)cc1. The molecule has 2 amide bonds. The Morgan fingerprint density at radius 3 is 2.48 bits per heavy atom. The van der Waals surface area contributed by atoms with Crippen molar-refractivity contribution in [2.75, 3.05) is 18.1 Å². The highest BCUT2D eigenvalue weighted by molar-refractivity contribution is 6.72. The van der Waals surface area contributed by atoms with Gasteiger partial charge in [0.1, 0.15) is 0 Å². The fourth-order valence-electron chi connectivity index (χ4n) is 7.14. The van der Waals surface area contributed by atoms with E-state index in [0.717, 1.165) is 49.0 Å². The highest BCUT2D eigenvalue weighted by Crippen LogP contribution is 2.47. The number of amides is 2. The lowest BCUT2D eigenvalue weighted by molar-refractivity contribution is -0.138. The summed E-state index contributed by atoms with van der Waals surface area (Å²) in [5.74, 6) is 0.138. The first kappa shape index (κ1) is 29.0. The molecule has 5 rings (SSSR count). The zero-order chi connectivity index (χ0) is 28.4. The van der Waals surface area contributed by atoms with Crippen LogP contribution in [0.2, 0.25) is 18.6 Å². The smallest absolute Gasteiger partial charge is 0.246 e. The van der Waals surface area contributed by atoms with Crippen LogP contribution in [0.15, 0.2) is 48.5 Å². The van der Waals surface area contributed by atoms with Gasteiger partial charge in [-0.25, -0.2) is 0 Å². The normalized spacial score (nSPS) is 27.1. The van der Waals surface area contributed by atoms with Crippen LogP contribution >= 0.6 is 0 Å². The van der Waals surface area contributed by atoms with Crippen molar-refractivity contribution in [1.82, 2.24) is 4.90 Å². The van der Waals surface area contributed by atoms with Gasteiger partial charge in [-0.2, -0.15) is 0 Å². The molecule has 0 aromatic heterocycles. The lowest BCUT2D eigenvalue weighted by atomic mass is 9.93. The summed E-state index contributed by atoms with van der Waals surface area (Å²) in [6, 6.07) is 16.0. The summed E-state index contributed by atoms with van der Waals surface area (Å²) < 4.78 is 22.2. The first-order valence-electron chi connectivity index (χ1n) is 14.9.